The molecule has 0 radical (unpaired) electrons. The third-order valence-electron chi connectivity index (χ3n) is 23.5. The summed E-state index contributed by atoms with van der Waals surface area (Å²) in [6.45, 7) is 14.4. The van der Waals surface area contributed by atoms with Crippen molar-refractivity contribution in [1.82, 2.24) is 70.0 Å². The molecule has 33 nitrogen and oxygen atoms in total. The van der Waals surface area contributed by atoms with Crippen molar-refractivity contribution in [2.45, 2.75) is 154 Å². The van der Waals surface area contributed by atoms with Crippen LogP contribution in [0.4, 0.5) is 23.0 Å². The first-order valence-electron chi connectivity index (χ1n) is 39.9. The SMILES string of the molecule is Cc1cc(Cc2nc(N3CCCC(NC(=O)C4CCN(CC5CCN(c6ccc7c(c6)C(=O)N(C6CCC(=O)NC6=O)C7=O)CC5)CC4)C3)cnc2C(N)=O)sn1.Cc1cc(Cc2nc(N3CCCC(NC(=O)C4CCNCC4)C3)cnc2C(N)=O)sn1.O=CC1CCN(c2ccc3c(c2)C(=O)N(C2CCC(=O)NC2=O)C3=O)CC1. The molecule has 4 unspecified atom stereocenters. The number of primary amides is 2. The number of aromatic nitrogens is 6. The first-order chi connectivity index (χ1) is 55.5. The van der Waals surface area contributed by atoms with Gasteiger partial charge in [-0.2, -0.15) is 8.75 Å². The number of nitrogens with one attached hydrogen (secondary N) is 5. The molecule has 2 aromatic carbocycles. The minimum Gasteiger partial charge on any atom is -0.371 e. The van der Waals surface area contributed by atoms with Gasteiger partial charge in [0, 0.05) is 136 Å². The number of nitrogens with zero attached hydrogens (tertiary/aromatic N) is 13. The number of piperidine rings is 8. The minimum absolute atomic E-state index is 0.00627. The van der Waals surface area contributed by atoms with Crippen molar-refractivity contribution in [3.05, 3.63) is 127 Å². The quantitative estimate of drug-likeness (QED) is 0.0450. The van der Waals surface area contributed by atoms with Crippen LogP contribution in [0.2, 0.25) is 0 Å². The molecule has 14 heterocycles. The van der Waals surface area contributed by atoms with E-state index in [1.54, 1.807) is 42.7 Å². The Morgan fingerprint density at radius 3 is 1.37 bits per heavy atom. The van der Waals surface area contributed by atoms with E-state index in [4.69, 9.17) is 21.4 Å². The molecule has 4 aromatic heterocycles. The number of carbonyl (C=O) groups is 13. The van der Waals surface area contributed by atoms with Crippen LogP contribution in [0.5, 0.6) is 0 Å². The highest BCUT2D eigenvalue weighted by atomic mass is 32.1. The Labute approximate surface area is 672 Å². The lowest BCUT2D eigenvalue weighted by atomic mass is 9.91. The van der Waals surface area contributed by atoms with Gasteiger partial charge in [0.05, 0.1) is 57.4 Å². The molecule has 8 fully saturated rings. The van der Waals surface area contributed by atoms with Crippen molar-refractivity contribution in [2.24, 2.45) is 35.1 Å². The molecule has 10 aliphatic heterocycles. The lowest BCUT2D eigenvalue weighted by Crippen LogP contribution is -2.54. The first kappa shape index (κ1) is 80.7. The number of hydrogen-bond donors (Lipinski definition) is 7. The van der Waals surface area contributed by atoms with Crippen LogP contribution in [0, 0.1) is 37.5 Å². The van der Waals surface area contributed by atoms with Gasteiger partial charge in [-0.3, -0.25) is 78.0 Å². The second-order valence-corrected chi connectivity index (χ2v) is 33.2. The molecule has 0 bridgehead atoms. The fourth-order valence-corrected chi connectivity index (χ4v) is 18.7. The van der Waals surface area contributed by atoms with E-state index in [0.717, 1.165) is 185 Å². The highest BCUT2D eigenvalue weighted by molar-refractivity contribution is 7.06. The number of aldehydes is 1. The third kappa shape index (κ3) is 18.7. The summed E-state index contributed by atoms with van der Waals surface area (Å²) in [7, 11) is 0. The predicted octanol–water partition coefficient (Wildman–Crippen LogP) is 3.56. The number of anilines is 4. The van der Waals surface area contributed by atoms with Crippen LogP contribution in [0.25, 0.3) is 0 Å². The average molecular weight is 1610 g/mol. The zero-order valence-corrected chi connectivity index (χ0v) is 66.1. The summed E-state index contributed by atoms with van der Waals surface area (Å²) < 4.78 is 8.63. The van der Waals surface area contributed by atoms with Gasteiger partial charge in [-0.1, -0.05) is 0 Å². The number of likely N-dealkylation sites (tertiary alicyclic amines) is 1. The Bertz CT molecular complexity index is 4770. The van der Waals surface area contributed by atoms with Crippen molar-refractivity contribution in [3.8, 4) is 0 Å². The second-order valence-electron chi connectivity index (χ2n) is 31.4. The molecule has 8 saturated heterocycles. The maximum absolute atomic E-state index is 13.5. The normalized spacial score (nSPS) is 22.0. The second kappa shape index (κ2) is 35.9. The van der Waals surface area contributed by atoms with Gasteiger partial charge in [0.15, 0.2) is 0 Å². The van der Waals surface area contributed by atoms with Gasteiger partial charge in [-0.25, -0.2) is 19.9 Å². The molecule has 0 spiro atoms. The monoisotopic (exact) mass is 1610 g/mol. The van der Waals surface area contributed by atoms with Crippen LogP contribution in [0.15, 0.2) is 60.9 Å². The number of carbonyl (C=O) groups excluding carboxylic acids is 13. The number of benzene rings is 2. The highest BCUT2D eigenvalue weighted by Gasteiger charge is 2.47. The fourth-order valence-electron chi connectivity index (χ4n) is 17.2. The number of nitrogens with two attached hydrogens (primary N) is 2. The van der Waals surface area contributed by atoms with Gasteiger partial charge in [0.1, 0.15) is 41.4 Å². The molecule has 606 valence electrons. The van der Waals surface area contributed by atoms with Crippen molar-refractivity contribution in [2.75, 3.05) is 105 Å². The van der Waals surface area contributed by atoms with Crippen molar-refractivity contribution in [1.29, 1.82) is 0 Å². The Morgan fingerprint density at radius 1 is 0.513 bits per heavy atom. The zero-order chi connectivity index (χ0) is 80.7. The molecular weight excluding hydrogens is 1510 g/mol. The summed E-state index contributed by atoms with van der Waals surface area (Å²) in [5, 5.41) is 14.3. The summed E-state index contributed by atoms with van der Waals surface area (Å²) >= 11 is 2.76. The predicted molar refractivity (Wildman–Crippen MR) is 424 cm³/mol. The van der Waals surface area contributed by atoms with Crippen LogP contribution in [0.3, 0.4) is 0 Å². The maximum Gasteiger partial charge on any atom is 0.269 e. The smallest absolute Gasteiger partial charge is 0.269 e. The van der Waals surface area contributed by atoms with E-state index in [1.807, 2.05) is 32.0 Å². The molecule has 4 atom stereocenters. The number of amides is 12. The Hall–Kier alpha value is -10.9. The largest absolute Gasteiger partial charge is 0.371 e. The van der Waals surface area contributed by atoms with Gasteiger partial charge in [-0.05, 0) is 207 Å². The molecule has 115 heavy (non-hydrogen) atoms. The summed E-state index contributed by atoms with van der Waals surface area (Å²) in [5.74, 6) is -2.89. The van der Waals surface area contributed by atoms with Crippen molar-refractivity contribution < 1.29 is 62.3 Å². The highest BCUT2D eigenvalue weighted by Crippen LogP contribution is 2.36. The molecular formula is C80H96N20O13S2. The van der Waals surface area contributed by atoms with E-state index >= 15 is 0 Å². The van der Waals surface area contributed by atoms with Crippen LogP contribution in [-0.2, 0) is 46.4 Å². The number of aryl methyl sites for hydroxylation is 2. The summed E-state index contributed by atoms with van der Waals surface area (Å²) in [5.41, 5.74) is 17.3. The van der Waals surface area contributed by atoms with Crippen LogP contribution in [0.1, 0.15) is 198 Å². The van der Waals surface area contributed by atoms with E-state index in [0.29, 0.717) is 73.5 Å². The number of imide groups is 4. The molecule has 16 rings (SSSR count). The minimum atomic E-state index is -0.979. The van der Waals surface area contributed by atoms with Gasteiger partial charge in [0.25, 0.3) is 35.4 Å². The maximum atomic E-state index is 13.5. The van der Waals surface area contributed by atoms with Crippen LogP contribution < -0.4 is 57.7 Å². The van der Waals surface area contributed by atoms with E-state index < -0.39 is 71.2 Å². The van der Waals surface area contributed by atoms with E-state index in [-0.39, 0.29) is 95.4 Å². The van der Waals surface area contributed by atoms with Crippen LogP contribution in [-0.4, -0.2) is 230 Å². The van der Waals surface area contributed by atoms with Crippen LogP contribution >= 0.6 is 23.1 Å². The Morgan fingerprint density at radius 2 is 0.948 bits per heavy atom. The van der Waals surface area contributed by atoms with Gasteiger partial charge >= 0.3 is 0 Å². The third-order valence-corrected chi connectivity index (χ3v) is 25.2. The number of hydrogen-bond acceptors (Lipinski definition) is 27. The molecule has 9 N–H and O–H groups in total. The fraction of sp³-hybridized carbons (Fsp3) is 0.512. The van der Waals surface area contributed by atoms with E-state index in [1.165, 1.54) is 23.1 Å². The first-order valence-corrected chi connectivity index (χ1v) is 41.4. The van der Waals surface area contributed by atoms with E-state index in [2.05, 4.69) is 69.8 Å². The van der Waals surface area contributed by atoms with Gasteiger partial charge in [-0.15, -0.1) is 0 Å². The van der Waals surface area contributed by atoms with Crippen molar-refractivity contribution >= 4 is 123 Å². The summed E-state index contributed by atoms with van der Waals surface area (Å²) in [6, 6.07) is 12.5. The van der Waals surface area contributed by atoms with Gasteiger partial charge in [0.2, 0.25) is 35.4 Å². The lowest BCUT2D eigenvalue weighted by molar-refractivity contribution is -0.137. The standard InChI is InChI=1S/C40H48N10O6S.C21H29N7O2S.C19H19N3O5/c1-23-17-28(57-46-23)19-31-35(36(41)52)42-20-33(44-31)49-12-2-3-26(22-49)43-37(53)25-10-13-47(14-11-25)21-24-8-15-48(16-9-24)27-4-5-29-30(18-27)40(56)50(39(29)55)32-6-7-34(51)45-38(32)54;1-13-9-16(31-27-13)10-17-19(20(22)29)24-11-18(26-17)28-8-2-3-15(12-28)25-21(30)14-4-6-23-7-5-14;23-10-11-5-7-21(8-6-11)12-1-2-13-14(9-12)19(27)22(18(13)26)15-3-4-16(24)20-17(15)25/h4-5,17-18,20,24-26,32H,2-3,6-16,19,21-22H2,1H3,(H2,41,52)(H,43,53)(H,45,51,54);9,11,14-15,23H,2-8,10,12H2,1H3,(H2,22,29)(H,25,30);1-2,9-11,15H,3-8H2,(H,20,24,25). The summed E-state index contributed by atoms with van der Waals surface area (Å²) in [6.07, 6.45) is 16.2. The molecule has 10 aliphatic rings. The Balaban J connectivity index is 0.000000158. The van der Waals surface area contributed by atoms with Gasteiger partial charge < -0.3 is 56.7 Å². The number of rotatable bonds is 19. The summed E-state index contributed by atoms with van der Waals surface area (Å²) in [4.78, 5) is 194. The molecule has 12 amide bonds. The number of fused-ring (bicyclic) bond motifs is 2. The molecule has 35 heteroatoms. The van der Waals surface area contributed by atoms with Crippen molar-refractivity contribution in [3.63, 3.8) is 0 Å². The molecule has 0 saturated carbocycles. The van der Waals surface area contributed by atoms with E-state index in [9.17, 15) is 62.3 Å². The Kier molecular flexibility index (Phi) is 25.2. The zero-order valence-electron chi connectivity index (χ0n) is 64.5. The average Bonchev–Trinajstić information content (AvgIpc) is 1.61. The topological polar surface area (TPSA) is 434 Å². The lowest BCUT2D eigenvalue weighted by Gasteiger charge is -2.39. The molecule has 6 aromatic rings. The molecule has 0 aliphatic carbocycles.